The molecule has 3 heteroatoms. The molecule has 1 aliphatic rings. The lowest BCUT2D eigenvalue weighted by atomic mass is 10.1. The van der Waals surface area contributed by atoms with Gasteiger partial charge in [0.25, 0.3) is 0 Å². The lowest BCUT2D eigenvalue weighted by Gasteiger charge is -2.03. The van der Waals surface area contributed by atoms with Crippen molar-refractivity contribution in [3.05, 3.63) is 45.9 Å². The van der Waals surface area contributed by atoms with Crippen molar-refractivity contribution in [2.45, 2.75) is 38.0 Å². The van der Waals surface area contributed by atoms with Crippen LogP contribution in [0.25, 0.3) is 0 Å². The molecule has 0 radical (unpaired) electrons. The summed E-state index contributed by atoms with van der Waals surface area (Å²) in [6, 6.07) is 8.10. The molecule has 94 valence electrons. The molecule has 0 amide bonds. The summed E-state index contributed by atoms with van der Waals surface area (Å²) in [5.41, 5.74) is 9.13. The van der Waals surface area contributed by atoms with Gasteiger partial charge in [-0.1, -0.05) is 25.0 Å². The topological polar surface area (TPSA) is 38.9 Å². The molecule has 0 aliphatic heterocycles. The molecule has 0 bridgehead atoms. The first-order valence-electron chi connectivity index (χ1n) is 6.60. The highest BCUT2D eigenvalue weighted by Gasteiger charge is 2.19. The third-order valence-electron chi connectivity index (χ3n) is 3.68. The Morgan fingerprint density at radius 3 is 2.61 bits per heavy atom. The molecule has 2 nitrogen and oxygen atoms in total. The van der Waals surface area contributed by atoms with Crippen molar-refractivity contribution in [3.8, 4) is 0 Å². The maximum atomic E-state index is 5.69. The number of nitrogens with two attached hydrogens (primary N) is 1. The quantitative estimate of drug-likeness (QED) is 0.846. The Labute approximate surface area is 112 Å². The zero-order chi connectivity index (χ0) is 12.4. The summed E-state index contributed by atoms with van der Waals surface area (Å²) < 4.78 is 0. The third-order valence-corrected chi connectivity index (χ3v) is 4.55. The average molecular weight is 258 g/mol. The van der Waals surface area contributed by atoms with Crippen molar-refractivity contribution in [1.82, 2.24) is 4.98 Å². The number of nitrogens with zero attached hydrogens (tertiary/aromatic N) is 1. The predicted molar refractivity (Wildman–Crippen MR) is 77.0 cm³/mol. The molecule has 1 aliphatic carbocycles. The van der Waals surface area contributed by atoms with Gasteiger partial charge in [-0.2, -0.15) is 0 Å². The number of hydrogen-bond acceptors (Lipinski definition) is 3. The van der Waals surface area contributed by atoms with Crippen molar-refractivity contribution in [2.75, 3.05) is 5.73 Å². The summed E-state index contributed by atoms with van der Waals surface area (Å²) in [5, 5.41) is 3.48. The van der Waals surface area contributed by atoms with Gasteiger partial charge in [0.1, 0.15) is 0 Å². The van der Waals surface area contributed by atoms with E-state index in [9.17, 15) is 0 Å². The van der Waals surface area contributed by atoms with E-state index in [4.69, 9.17) is 10.7 Å². The van der Waals surface area contributed by atoms with Crippen molar-refractivity contribution in [1.29, 1.82) is 0 Å². The summed E-state index contributed by atoms with van der Waals surface area (Å²) in [6.45, 7) is 0. The smallest absolute Gasteiger partial charge is 0.0972 e. The number of anilines is 1. The molecule has 1 heterocycles. The zero-order valence-corrected chi connectivity index (χ0v) is 11.2. The number of rotatable bonds is 3. The Hall–Kier alpha value is -1.35. The first-order valence-corrected chi connectivity index (χ1v) is 7.48. The lowest BCUT2D eigenvalue weighted by molar-refractivity contribution is 0.700. The van der Waals surface area contributed by atoms with E-state index in [1.54, 1.807) is 11.3 Å². The van der Waals surface area contributed by atoms with Crippen LogP contribution in [0.2, 0.25) is 0 Å². The van der Waals surface area contributed by atoms with Crippen molar-refractivity contribution < 1.29 is 0 Å². The molecule has 0 spiro atoms. The Morgan fingerprint density at radius 2 is 1.89 bits per heavy atom. The van der Waals surface area contributed by atoms with E-state index in [-0.39, 0.29) is 0 Å². The van der Waals surface area contributed by atoms with Crippen LogP contribution in [0, 0.1) is 0 Å². The maximum absolute atomic E-state index is 5.69. The molecule has 0 saturated heterocycles. The van der Waals surface area contributed by atoms with Gasteiger partial charge in [-0.3, -0.25) is 0 Å². The second kappa shape index (κ2) is 5.11. The minimum Gasteiger partial charge on any atom is -0.399 e. The van der Waals surface area contributed by atoms with E-state index < -0.39 is 0 Å². The Balaban J connectivity index is 1.71. The predicted octanol–water partition coefficient (Wildman–Crippen LogP) is 3.97. The highest BCUT2D eigenvalue weighted by Crippen LogP contribution is 2.34. The molecule has 1 fully saturated rings. The standard InChI is InChI=1S/C15H18N2S/c16-13-7-5-11(6-8-13)9-15-17-14(10-18-15)12-3-1-2-4-12/h5-8,10,12H,1-4,9,16H2. The average Bonchev–Trinajstić information content (AvgIpc) is 3.02. The summed E-state index contributed by atoms with van der Waals surface area (Å²) >= 11 is 1.79. The molecule has 0 atom stereocenters. The fourth-order valence-electron chi connectivity index (χ4n) is 2.63. The van der Waals surface area contributed by atoms with Gasteiger partial charge in [0.05, 0.1) is 10.7 Å². The third kappa shape index (κ3) is 2.56. The normalized spacial score (nSPS) is 16.2. The Kier molecular flexibility index (Phi) is 3.33. The minimum atomic E-state index is 0.724. The number of nitrogen functional groups attached to an aromatic ring is 1. The summed E-state index contributed by atoms with van der Waals surface area (Å²) in [5.74, 6) is 0.724. The Morgan fingerprint density at radius 1 is 1.17 bits per heavy atom. The second-order valence-corrected chi connectivity index (χ2v) is 6.01. The summed E-state index contributed by atoms with van der Waals surface area (Å²) in [7, 11) is 0. The molecule has 1 saturated carbocycles. The van der Waals surface area contributed by atoms with E-state index in [0.717, 1.165) is 18.0 Å². The van der Waals surface area contributed by atoms with Crippen LogP contribution < -0.4 is 5.73 Å². The van der Waals surface area contributed by atoms with Gasteiger partial charge < -0.3 is 5.73 Å². The monoisotopic (exact) mass is 258 g/mol. The molecule has 1 aromatic heterocycles. The van der Waals surface area contributed by atoms with Gasteiger partial charge in [0.2, 0.25) is 0 Å². The van der Waals surface area contributed by atoms with E-state index in [2.05, 4.69) is 17.5 Å². The number of thiazole rings is 1. The molecule has 18 heavy (non-hydrogen) atoms. The molecule has 3 rings (SSSR count). The van der Waals surface area contributed by atoms with E-state index in [1.165, 1.54) is 41.9 Å². The van der Waals surface area contributed by atoms with Crippen LogP contribution in [0.15, 0.2) is 29.6 Å². The Bertz CT molecular complexity index is 510. The van der Waals surface area contributed by atoms with Gasteiger partial charge in [-0.15, -0.1) is 11.3 Å². The first-order chi connectivity index (χ1) is 8.81. The molecule has 2 N–H and O–H groups in total. The largest absolute Gasteiger partial charge is 0.399 e. The van der Waals surface area contributed by atoms with Gasteiger partial charge in [0, 0.05) is 23.4 Å². The zero-order valence-electron chi connectivity index (χ0n) is 10.4. The maximum Gasteiger partial charge on any atom is 0.0972 e. The second-order valence-electron chi connectivity index (χ2n) is 5.07. The lowest BCUT2D eigenvalue weighted by Crippen LogP contribution is -1.94. The first kappa shape index (κ1) is 11.7. The van der Waals surface area contributed by atoms with Crippen LogP contribution in [0.1, 0.15) is 47.9 Å². The summed E-state index contributed by atoms with van der Waals surface area (Å²) in [4.78, 5) is 4.80. The van der Waals surface area contributed by atoms with Gasteiger partial charge >= 0.3 is 0 Å². The minimum absolute atomic E-state index is 0.724. The molecule has 0 unspecified atom stereocenters. The van der Waals surface area contributed by atoms with Crippen molar-refractivity contribution in [2.24, 2.45) is 0 Å². The fourth-order valence-corrected chi connectivity index (χ4v) is 3.54. The molecular weight excluding hydrogens is 240 g/mol. The van der Waals surface area contributed by atoms with Crippen LogP contribution in [-0.4, -0.2) is 4.98 Å². The molecule has 2 aromatic rings. The highest BCUT2D eigenvalue weighted by molar-refractivity contribution is 7.09. The fraction of sp³-hybridized carbons (Fsp3) is 0.400. The van der Waals surface area contributed by atoms with E-state index in [1.807, 2.05) is 12.1 Å². The SMILES string of the molecule is Nc1ccc(Cc2nc(C3CCCC3)cs2)cc1. The molecule has 1 aromatic carbocycles. The highest BCUT2D eigenvalue weighted by atomic mass is 32.1. The summed E-state index contributed by atoms with van der Waals surface area (Å²) in [6.07, 6.45) is 6.32. The van der Waals surface area contributed by atoms with Gasteiger partial charge in [0.15, 0.2) is 0 Å². The van der Waals surface area contributed by atoms with Gasteiger partial charge in [-0.05, 0) is 30.5 Å². The van der Waals surface area contributed by atoms with Crippen LogP contribution in [0.5, 0.6) is 0 Å². The van der Waals surface area contributed by atoms with Crippen molar-refractivity contribution >= 4 is 17.0 Å². The van der Waals surface area contributed by atoms with Crippen LogP contribution in [0.4, 0.5) is 5.69 Å². The molecular formula is C15H18N2S. The van der Waals surface area contributed by atoms with E-state index >= 15 is 0 Å². The van der Waals surface area contributed by atoms with Crippen LogP contribution in [0.3, 0.4) is 0 Å². The number of aromatic nitrogens is 1. The van der Waals surface area contributed by atoms with Gasteiger partial charge in [-0.25, -0.2) is 4.98 Å². The number of benzene rings is 1. The van der Waals surface area contributed by atoms with Crippen LogP contribution >= 0.6 is 11.3 Å². The van der Waals surface area contributed by atoms with Crippen molar-refractivity contribution in [3.63, 3.8) is 0 Å². The number of hydrogen-bond donors (Lipinski definition) is 1. The van der Waals surface area contributed by atoms with E-state index in [0.29, 0.717) is 0 Å². The van der Waals surface area contributed by atoms with Crippen LogP contribution in [-0.2, 0) is 6.42 Å².